The maximum atomic E-state index is 13.4. The third kappa shape index (κ3) is 9.91. The van der Waals surface area contributed by atoms with E-state index in [1.807, 2.05) is 39.0 Å². The number of nitrogen functional groups attached to an aromatic ring is 1. The van der Waals surface area contributed by atoms with E-state index in [1.165, 1.54) is 6.42 Å². The van der Waals surface area contributed by atoms with Crippen LogP contribution in [-0.4, -0.2) is 77.4 Å². The molecule has 2 fully saturated rings. The number of aromatic hydroxyl groups is 1. The molecular weight excluding hydrogens is 546 g/mol. The number of hydrogen-bond donors (Lipinski definition) is 4. The summed E-state index contributed by atoms with van der Waals surface area (Å²) in [6.45, 7) is 7.89. The van der Waals surface area contributed by atoms with Crippen LogP contribution in [0.5, 0.6) is 5.75 Å². The van der Waals surface area contributed by atoms with Crippen molar-refractivity contribution in [3.8, 4) is 5.75 Å². The maximum absolute atomic E-state index is 13.4. The summed E-state index contributed by atoms with van der Waals surface area (Å²) in [5.74, 6) is 0.191. The number of anilines is 1. The number of nitrogens with two attached hydrogens (primary N) is 1. The van der Waals surface area contributed by atoms with Crippen LogP contribution in [0, 0.1) is 5.92 Å². The van der Waals surface area contributed by atoms with Crippen molar-refractivity contribution in [1.29, 1.82) is 0 Å². The van der Waals surface area contributed by atoms with Gasteiger partial charge in [0, 0.05) is 55.3 Å². The Morgan fingerprint density at radius 2 is 1.81 bits per heavy atom. The summed E-state index contributed by atoms with van der Waals surface area (Å²) in [5, 5.41) is 17.7. The van der Waals surface area contributed by atoms with Crippen molar-refractivity contribution in [3.63, 3.8) is 0 Å². The minimum absolute atomic E-state index is 0.0142. The number of carbonyl (C=O) groups is 2. The van der Waals surface area contributed by atoms with Crippen LogP contribution in [0.2, 0.25) is 0 Å². The van der Waals surface area contributed by atoms with Gasteiger partial charge in [-0.1, -0.05) is 25.3 Å². The van der Waals surface area contributed by atoms with E-state index in [4.69, 9.17) is 15.2 Å². The van der Waals surface area contributed by atoms with Gasteiger partial charge in [-0.3, -0.25) is 14.6 Å². The SMILES string of the molecule is CC(C)(C)OCC(NC(=O)CCC(NC(c1ccncc1)c1ccc(N)cc1O)C1CCCCC1)C(=O)N1CCOCC1. The monoisotopic (exact) mass is 595 g/mol. The number of phenols is 1. The second-order valence-electron chi connectivity index (χ2n) is 12.7. The van der Waals surface area contributed by atoms with Crippen LogP contribution < -0.4 is 16.4 Å². The molecule has 43 heavy (non-hydrogen) atoms. The van der Waals surface area contributed by atoms with Crippen LogP contribution in [0.3, 0.4) is 0 Å². The lowest BCUT2D eigenvalue weighted by Gasteiger charge is -2.35. The number of morpholine rings is 1. The summed E-state index contributed by atoms with van der Waals surface area (Å²) in [5.41, 5.74) is 7.68. The molecule has 10 heteroatoms. The predicted octanol–water partition coefficient (Wildman–Crippen LogP) is 3.94. The van der Waals surface area contributed by atoms with Gasteiger partial charge in [0.05, 0.1) is 31.5 Å². The van der Waals surface area contributed by atoms with E-state index in [0.29, 0.717) is 44.3 Å². The number of ether oxygens (including phenoxy) is 2. The van der Waals surface area contributed by atoms with Crippen LogP contribution >= 0.6 is 0 Å². The Hall–Kier alpha value is -3.21. The molecule has 1 aromatic carbocycles. The third-order valence-electron chi connectivity index (χ3n) is 8.33. The van der Waals surface area contributed by atoms with Crippen molar-refractivity contribution in [1.82, 2.24) is 20.5 Å². The first-order valence-electron chi connectivity index (χ1n) is 15.6. The van der Waals surface area contributed by atoms with E-state index in [0.717, 1.165) is 36.8 Å². The maximum Gasteiger partial charge on any atom is 0.247 e. The van der Waals surface area contributed by atoms with Crippen molar-refractivity contribution >= 4 is 17.5 Å². The quantitative estimate of drug-likeness (QED) is 0.271. The van der Waals surface area contributed by atoms with E-state index < -0.39 is 11.6 Å². The van der Waals surface area contributed by atoms with Gasteiger partial charge in [0.15, 0.2) is 0 Å². The summed E-state index contributed by atoms with van der Waals surface area (Å²) >= 11 is 0. The average molecular weight is 596 g/mol. The Morgan fingerprint density at radius 1 is 1.12 bits per heavy atom. The van der Waals surface area contributed by atoms with Crippen LogP contribution in [-0.2, 0) is 19.1 Å². The zero-order chi connectivity index (χ0) is 30.8. The minimum atomic E-state index is -0.762. The molecule has 0 bridgehead atoms. The highest BCUT2D eigenvalue weighted by Crippen LogP contribution is 2.35. The molecule has 10 nitrogen and oxygen atoms in total. The van der Waals surface area contributed by atoms with Crippen molar-refractivity contribution in [2.45, 2.75) is 89.4 Å². The standard InChI is InChI=1S/C33H49N5O5/c1-33(2,3)43-22-28(32(41)38-17-19-42-20-18-38)36-30(40)12-11-27(23-7-5-4-6-8-23)37-31(24-13-15-35-16-14-24)26-10-9-25(34)21-29(26)39/h9-10,13-16,21,23,27-28,31,37,39H,4-8,11-12,17-20,22,34H2,1-3H3,(H,36,40). The fourth-order valence-corrected chi connectivity index (χ4v) is 6.00. The van der Waals surface area contributed by atoms with Crippen molar-refractivity contribution in [2.24, 2.45) is 5.92 Å². The van der Waals surface area contributed by atoms with Gasteiger partial charge in [0.25, 0.3) is 0 Å². The molecule has 2 aromatic rings. The first-order valence-corrected chi connectivity index (χ1v) is 15.6. The summed E-state index contributed by atoms with van der Waals surface area (Å²) in [6, 6.07) is 8.03. The number of carbonyl (C=O) groups excluding carboxylic acids is 2. The van der Waals surface area contributed by atoms with Gasteiger partial charge >= 0.3 is 0 Å². The number of nitrogens with zero attached hydrogens (tertiary/aromatic N) is 2. The topological polar surface area (TPSA) is 139 Å². The zero-order valence-electron chi connectivity index (χ0n) is 25.9. The van der Waals surface area contributed by atoms with E-state index in [2.05, 4.69) is 15.6 Å². The molecule has 0 spiro atoms. The van der Waals surface area contributed by atoms with Gasteiger partial charge in [-0.25, -0.2) is 0 Å². The summed E-state index contributed by atoms with van der Waals surface area (Å²) < 4.78 is 11.4. The normalized spacial score (nSPS) is 18.5. The fraction of sp³-hybridized carbons (Fsp3) is 0.606. The zero-order valence-corrected chi connectivity index (χ0v) is 25.9. The van der Waals surface area contributed by atoms with Crippen molar-refractivity contribution in [2.75, 3.05) is 38.6 Å². The minimum Gasteiger partial charge on any atom is -0.508 e. The number of hydrogen-bond acceptors (Lipinski definition) is 8. The number of amides is 2. The van der Waals surface area contributed by atoms with E-state index in [9.17, 15) is 14.7 Å². The predicted molar refractivity (Wildman–Crippen MR) is 166 cm³/mol. The third-order valence-corrected chi connectivity index (χ3v) is 8.33. The number of pyridine rings is 1. The van der Waals surface area contributed by atoms with Crippen LogP contribution in [0.4, 0.5) is 5.69 Å². The molecule has 2 aliphatic rings. The van der Waals surface area contributed by atoms with E-state index in [-0.39, 0.29) is 42.7 Å². The molecule has 1 aromatic heterocycles. The van der Waals surface area contributed by atoms with Gasteiger partial charge in [0.2, 0.25) is 11.8 Å². The molecule has 1 aliphatic carbocycles. The molecule has 1 saturated heterocycles. The summed E-state index contributed by atoms with van der Waals surface area (Å²) in [7, 11) is 0. The summed E-state index contributed by atoms with van der Waals surface area (Å²) in [6.07, 6.45) is 10.0. The highest BCUT2D eigenvalue weighted by atomic mass is 16.5. The van der Waals surface area contributed by atoms with Gasteiger partial charge in [0.1, 0.15) is 11.8 Å². The van der Waals surface area contributed by atoms with Gasteiger partial charge in [-0.15, -0.1) is 0 Å². The fourth-order valence-electron chi connectivity index (χ4n) is 6.00. The van der Waals surface area contributed by atoms with E-state index >= 15 is 0 Å². The van der Waals surface area contributed by atoms with E-state index in [1.54, 1.807) is 29.4 Å². The van der Waals surface area contributed by atoms with Crippen LogP contribution in [0.1, 0.15) is 82.9 Å². The number of nitrogens with one attached hydrogen (secondary N) is 2. The first kappa shape index (κ1) is 32.7. The molecule has 5 N–H and O–H groups in total. The number of phenolic OH excluding ortho intramolecular Hbond substituents is 1. The van der Waals surface area contributed by atoms with Gasteiger partial charge in [-0.2, -0.15) is 0 Å². The summed E-state index contributed by atoms with van der Waals surface area (Å²) in [4.78, 5) is 32.7. The van der Waals surface area contributed by atoms with Crippen LogP contribution in [0.25, 0.3) is 0 Å². The van der Waals surface area contributed by atoms with Crippen molar-refractivity contribution in [3.05, 3.63) is 53.9 Å². The smallest absolute Gasteiger partial charge is 0.247 e. The lowest BCUT2D eigenvalue weighted by atomic mass is 9.81. The molecule has 1 saturated carbocycles. The molecule has 0 radical (unpaired) electrons. The van der Waals surface area contributed by atoms with Gasteiger partial charge in [-0.05, 0) is 69.7 Å². The van der Waals surface area contributed by atoms with Crippen LogP contribution in [0.15, 0.2) is 42.7 Å². The first-order chi connectivity index (χ1) is 20.6. The molecule has 2 amide bonds. The Balaban J connectivity index is 1.50. The highest BCUT2D eigenvalue weighted by Gasteiger charge is 2.31. The molecule has 3 unspecified atom stereocenters. The molecule has 236 valence electrons. The lowest BCUT2D eigenvalue weighted by Crippen LogP contribution is -2.54. The Morgan fingerprint density at radius 3 is 2.47 bits per heavy atom. The Labute approximate surface area is 255 Å². The second kappa shape index (κ2) is 15.5. The molecular formula is C33H49N5O5. The average Bonchev–Trinajstić information content (AvgIpc) is 3.00. The number of benzene rings is 1. The van der Waals surface area contributed by atoms with Crippen molar-refractivity contribution < 1.29 is 24.2 Å². The highest BCUT2D eigenvalue weighted by molar-refractivity contribution is 5.87. The molecule has 3 atom stereocenters. The molecule has 1 aliphatic heterocycles. The van der Waals surface area contributed by atoms with Gasteiger partial charge < -0.3 is 35.8 Å². The molecule has 2 heterocycles. The number of rotatable bonds is 12. The molecule has 4 rings (SSSR count). The number of aromatic nitrogens is 1. The second-order valence-corrected chi connectivity index (χ2v) is 12.7. The largest absolute Gasteiger partial charge is 0.508 e. The Kier molecular flexibility index (Phi) is 11.8. The lowest BCUT2D eigenvalue weighted by molar-refractivity contribution is -0.143. The Bertz CT molecular complexity index is 1180.